The van der Waals surface area contributed by atoms with Crippen molar-refractivity contribution in [1.29, 1.82) is 0 Å². The predicted molar refractivity (Wildman–Crippen MR) is 89.7 cm³/mol. The maximum Gasteiger partial charge on any atom is 0.311 e. The van der Waals surface area contributed by atoms with Crippen LogP contribution in [0.4, 0.5) is 0 Å². The van der Waals surface area contributed by atoms with E-state index in [2.05, 4.69) is 20.8 Å². The van der Waals surface area contributed by atoms with Gasteiger partial charge in [0, 0.05) is 0 Å². The molecule has 0 aromatic carbocycles. The smallest absolute Gasteiger partial charge is 0.311 e. The lowest BCUT2D eigenvalue weighted by Gasteiger charge is -2.65. The first-order chi connectivity index (χ1) is 10.8. The summed E-state index contributed by atoms with van der Waals surface area (Å²) >= 11 is 0. The molecule has 23 heavy (non-hydrogen) atoms. The molecule has 4 bridgehead atoms. The number of hydrogen-bond donors (Lipinski definition) is 0. The number of fused-ring (bicyclic) bond motifs is 1. The molecule has 0 aromatic heterocycles. The maximum absolute atomic E-state index is 12.6. The van der Waals surface area contributed by atoms with Gasteiger partial charge in [0.05, 0.1) is 12.5 Å². The Hall–Kier alpha value is -0.530. The lowest BCUT2D eigenvalue weighted by atomic mass is 9.39. The van der Waals surface area contributed by atoms with E-state index in [4.69, 9.17) is 4.74 Å². The van der Waals surface area contributed by atoms with Crippen LogP contribution in [-0.4, -0.2) is 13.1 Å². The summed E-state index contributed by atoms with van der Waals surface area (Å²) in [7, 11) is 1.58. The first-order valence-corrected chi connectivity index (χ1v) is 9.89. The van der Waals surface area contributed by atoms with Gasteiger partial charge in [-0.2, -0.15) is 0 Å². The molecule has 0 aliphatic heterocycles. The number of esters is 1. The quantitative estimate of drug-likeness (QED) is 0.648. The third-order valence-corrected chi connectivity index (χ3v) is 10.0. The fourth-order valence-corrected chi connectivity index (χ4v) is 9.09. The second-order valence-corrected chi connectivity index (χ2v) is 10.6. The Bertz CT molecular complexity index is 584. The number of carbonyl (C=O) groups is 1. The van der Waals surface area contributed by atoms with Crippen LogP contribution in [0.3, 0.4) is 0 Å². The van der Waals surface area contributed by atoms with Gasteiger partial charge in [-0.3, -0.25) is 4.79 Å². The van der Waals surface area contributed by atoms with Gasteiger partial charge in [-0.05, 0) is 91.8 Å². The van der Waals surface area contributed by atoms with Crippen LogP contribution in [0.25, 0.3) is 0 Å². The molecule has 6 aliphatic carbocycles. The zero-order chi connectivity index (χ0) is 16.3. The van der Waals surface area contributed by atoms with E-state index < -0.39 is 0 Å². The Morgan fingerprint density at radius 2 is 1.78 bits per heavy atom. The van der Waals surface area contributed by atoms with E-state index in [1.54, 1.807) is 7.11 Å². The van der Waals surface area contributed by atoms with E-state index >= 15 is 0 Å². The molecule has 6 rings (SSSR count). The summed E-state index contributed by atoms with van der Waals surface area (Å²) in [6.07, 6.45) is 10.7. The Labute approximate surface area is 140 Å². The molecule has 6 aliphatic rings. The zero-order valence-corrected chi connectivity index (χ0v) is 15.3. The van der Waals surface area contributed by atoms with Crippen LogP contribution in [0.2, 0.25) is 0 Å². The average Bonchev–Trinajstić information content (AvgIpc) is 2.97. The zero-order valence-electron chi connectivity index (χ0n) is 15.3. The first kappa shape index (κ1) is 14.8. The Morgan fingerprint density at radius 1 is 1.00 bits per heavy atom. The minimum Gasteiger partial charge on any atom is -0.469 e. The van der Waals surface area contributed by atoms with Crippen LogP contribution >= 0.6 is 0 Å². The minimum absolute atomic E-state index is 0.0583. The van der Waals surface area contributed by atoms with Crippen molar-refractivity contribution in [3.8, 4) is 0 Å². The lowest BCUT2D eigenvalue weighted by Crippen LogP contribution is -2.59. The van der Waals surface area contributed by atoms with Crippen molar-refractivity contribution >= 4 is 5.97 Å². The van der Waals surface area contributed by atoms with Crippen LogP contribution in [0.1, 0.15) is 72.1 Å². The van der Waals surface area contributed by atoms with E-state index in [-0.39, 0.29) is 11.4 Å². The van der Waals surface area contributed by atoms with E-state index in [0.29, 0.717) is 22.2 Å². The topological polar surface area (TPSA) is 26.3 Å². The second kappa shape index (κ2) is 3.99. The highest BCUT2D eigenvalue weighted by Gasteiger charge is 2.78. The SMILES string of the molecule is COC(=O)[C@]1(C)CCC[C@@]2(C)C3C[C@@H]4C5C[C@@]3(CCC21)C[C@@]54C. The predicted octanol–water partition coefficient (Wildman–Crippen LogP) is 4.82. The van der Waals surface area contributed by atoms with Gasteiger partial charge in [0.25, 0.3) is 0 Å². The summed E-state index contributed by atoms with van der Waals surface area (Å²) in [6.45, 7) is 7.34. The summed E-state index contributed by atoms with van der Waals surface area (Å²) < 4.78 is 5.26. The molecule has 0 N–H and O–H groups in total. The number of hydrogen-bond acceptors (Lipinski definition) is 2. The third-order valence-electron chi connectivity index (χ3n) is 10.0. The highest BCUT2D eigenvalue weighted by molar-refractivity contribution is 5.77. The first-order valence-electron chi connectivity index (χ1n) is 9.89. The molecule has 2 nitrogen and oxygen atoms in total. The van der Waals surface area contributed by atoms with Gasteiger partial charge in [-0.15, -0.1) is 0 Å². The molecule has 0 saturated heterocycles. The van der Waals surface area contributed by atoms with Crippen molar-refractivity contribution in [3.63, 3.8) is 0 Å². The lowest BCUT2D eigenvalue weighted by molar-refractivity contribution is -0.189. The van der Waals surface area contributed by atoms with Crippen LogP contribution < -0.4 is 0 Å². The van der Waals surface area contributed by atoms with E-state index in [9.17, 15) is 4.79 Å². The fraction of sp³-hybridized carbons (Fsp3) is 0.952. The summed E-state index contributed by atoms with van der Waals surface area (Å²) in [5.74, 6) is 3.53. The van der Waals surface area contributed by atoms with Crippen molar-refractivity contribution in [2.75, 3.05) is 7.11 Å². The number of ether oxygens (including phenoxy) is 1. The van der Waals surface area contributed by atoms with Crippen LogP contribution in [0.15, 0.2) is 0 Å². The molecule has 8 atom stereocenters. The van der Waals surface area contributed by atoms with Crippen molar-refractivity contribution < 1.29 is 9.53 Å². The summed E-state index contributed by atoms with van der Waals surface area (Å²) in [5.41, 5.74) is 1.47. The monoisotopic (exact) mass is 316 g/mol. The van der Waals surface area contributed by atoms with Gasteiger partial charge >= 0.3 is 5.97 Å². The minimum atomic E-state index is -0.239. The molecular weight excluding hydrogens is 284 g/mol. The molecule has 2 heteroatoms. The molecule has 0 aromatic rings. The Balaban J connectivity index is 1.54. The number of rotatable bonds is 1. The maximum atomic E-state index is 12.6. The fourth-order valence-electron chi connectivity index (χ4n) is 9.09. The summed E-state index contributed by atoms with van der Waals surface area (Å²) in [6, 6.07) is 0. The largest absolute Gasteiger partial charge is 0.469 e. The standard InChI is InChI=1S/C21H32O2/c1-18-7-5-8-19(2,17(22)23-4)15(18)6-9-21-11-14-13(10-16(18)21)20(14,3)12-21/h13-16H,5-12H2,1-4H3/t13-,14?,15?,16?,18-,19-,20-,21+/m1/s1. The molecule has 0 radical (unpaired) electrons. The van der Waals surface area contributed by atoms with Crippen molar-refractivity contribution in [2.45, 2.75) is 72.1 Å². The Morgan fingerprint density at radius 3 is 2.43 bits per heavy atom. The Kier molecular flexibility index (Phi) is 2.57. The molecular formula is C21H32O2. The van der Waals surface area contributed by atoms with Crippen LogP contribution in [-0.2, 0) is 9.53 Å². The molecule has 0 heterocycles. The third kappa shape index (κ3) is 1.47. The van der Waals surface area contributed by atoms with E-state index in [1.165, 1.54) is 44.9 Å². The van der Waals surface area contributed by atoms with Gasteiger partial charge in [-0.1, -0.05) is 20.3 Å². The molecule has 0 amide bonds. The second-order valence-electron chi connectivity index (χ2n) is 10.6. The molecule has 128 valence electrons. The molecule has 3 unspecified atom stereocenters. The summed E-state index contributed by atoms with van der Waals surface area (Å²) in [4.78, 5) is 12.6. The normalized spacial score (nSPS) is 62.3. The van der Waals surface area contributed by atoms with Crippen molar-refractivity contribution in [3.05, 3.63) is 0 Å². The van der Waals surface area contributed by atoms with E-state index in [1.807, 2.05) is 0 Å². The van der Waals surface area contributed by atoms with Gasteiger partial charge in [-0.25, -0.2) is 0 Å². The molecule has 1 spiro atoms. The summed E-state index contributed by atoms with van der Waals surface area (Å²) in [5, 5.41) is 0. The number of methoxy groups -OCH3 is 1. The van der Waals surface area contributed by atoms with Crippen molar-refractivity contribution in [1.82, 2.24) is 0 Å². The van der Waals surface area contributed by atoms with Gasteiger partial charge in [0.2, 0.25) is 0 Å². The van der Waals surface area contributed by atoms with Crippen LogP contribution in [0.5, 0.6) is 0 Å². The number of carbonyl (C=O) groups excluding carboxylic acids is 1. The highest BCUT2D eigenvalue weighted by atomic mass is 16.5. The molecule has 6 fully saturated rings. The van der Waals surface area contributed by atoms with Crippen LogP contribution in [0, 0.1) is 45.3 Å². The van der Waals surface area contributed by atoms with E-state index in [0.717, 1.165) is 24.2 Å². The van der Waals surface area contributed by atoms with Gasteiger partial charge < -0.3 is 4.74 Å². The highest BCUT2D eigenvalue weighted by Crippen LogP contribution is 2.85. The molecule has 6 saturated carbocycles. The van der Waals surface area contributed by atoms with Gasteiger partial charge in [0.15, 0.2) is 0 Å². The van der Waals surface area contributed by atoms with Crippen molar-refractivity contribution in [2.24, 2.45) is 45.3 Å². The average molecular weight is 316 g/mol. The van der Waals surface area contributed by atoms with Gasteiger partial charge in [0.1, 0.15) is 0 Å².